The number of fused-ring (bicyclic) bond motifs is 1. The first-order valence-corrected chi connectivity index (χ1v) is 6.88. The number of aryl methyl sites for hydroxylation is 2. The normalized spacial score (nSPS) is 28.7. The number of nitrogens with zero attached hydrogens (tertiary/aromatic N) is 2. The molecule has 2 unspecified atom stereocenters. The number of aromatic nitrogens is 1. The smallest absolute Gasteiger partial charge is 0.259 e. The van der Waals surface area contributed by atoms with Gasteiger partial charge >= 0.3 is 0 Å². The second kappa shape index (κ2) is 4.07. The van der Waals surface area contributed by atoms with Crippen LogP contribution in [0.25, 0.3) is 0 Å². The van der Waals surface area contributed by atoms with Crippen molar-refractivity contribution in [2.24, 2.45) is 11.8 Å². The molecule has 3 heterocycles. The third-order valence-corrected chi connectivity index (χ3v) is 4.85. The topological polar surface area (TPSA) is 58.4 Å². The van der Waals surface area contributed by atoms with E-state index < -0.39 is 0 Å². The Bertz CT molecular complexity index is 501. The van der Waals surface area contributed by atoms with Crippen LogP contribution in [0.5, 0.6) is 0 Å². The third-order valence-electron chi connectivity index (χ3n) is 4.85. The molecule has 5 nitrogen and oxygen atoms in total. The van der Waals surface area contributed by atoms with E-state index in [9.17, 15) is 4.79 Å². The van der Waals surface area contributed by atoms with Crippen LogP contribution in [0.1, 0.15) is 35.7 Å². The fraction of sp³-hybridized carbons (Fsp3) is 0.714. The Morgan fingerprint density at radius 3 is 2.74 bits per heavy atom. The van der Waals surface area contributed by atoms with Gasteiger partial charge in [0.05, 0.1) is 5.69 Å². The Morgan fingerprint density at radius 1 is 1.42 bits per heavy atom. The summed E-state index contributed by atoms with van der Waals surface area (Å²) in [6.45, 7) is 10.8. The highest BCUT2D eigenvalue weighted by atomic mass is 16.5. The average molecular weight is 263 g/mol. The molecule has 2 aliphatic heterocycles. The van der Waals surface area contributed by atoms with Crippen molar-refractivity contribution in [1.82, 2.24) is 15.4 Å². The van der Waals surface area contributed by atoms with Crippen molar-refractivity contribution in [3.8, 4) is 0 Å². The molecule has 2 fully saturated rings. The van der Waals surface area contributed by atoms with Crippen LogP contribution in [-0.4, -0.2) is 41.1 Å². The van der Waals surface area contributed by atoms with Crippen LogP contribution >= 0.6 is 0 Å². The highest BCUT2D eigenvalue weighted by Gasteiger charge is 2.51. The molecule has 0 aromatic carbocycles. The Kier molecular flexibility index (Phi) is 2.71. The van der Waals surface area contributed by atoms with E-state index in [0.29, 0.717) is 28.9 Å². The molecule has 19 heavy (non-hydrogen) atoms. The molecule has 5 heteroatoms. The molecule has 104 valence electrons. The maximum absolute atomic E-state index is 12.8. The molecule has 2 aliphatic rings. The van der Waals surface area contributed by atoms with Crippen molar-refractivity contribution in [3.05, 3.63) is 17.0 Å². The van der Waals surface area contributed by atoms with Crippen molar-refractivity contribution >= 4 is 5.91 Å². The molecular weight excluding hydrogens is 242 g/mol. The standard InChI is InChI=1S/C14H21N3O2/c1-8-12(9(2)19-16-8)13(18)17-7-10-5-15-6-11(10)14(17,3)4/h10-11,15H,5-7H2,1-4H3. The van der Waals surface area contributed by atoms with E-state index in [2.05, 4.69) is 24.3 Å². The van der Waals surface area contributed by atoms with Gasteiger partial charge in [-0.3, -0.25) is 4.79 Å². The molecule has 1 amide bonds. The highest BCUT2D eigenvalue weighted by Crippen LogP contribution is 2.41. The number of carbonyl (C=O) groups excluding carboxylic acids is 1. The molecular formula is C14H21N3O2. The van der Waals surface area contributed by atoms with Gasteiger partial charge in [0.2, 0.25) is 0 Å². The van der Waals surface area contributed by atoms with Crippen molar-refractivity contribution in [1.29, 1.82) is 0 Å². The molecule has 1 aromatic rings. The molecule has 1 N–H and O–H groups in total. The quantitative estimate of drug-likeness (QED) is 0.831. The summed E-state index contributed by atoms with van der Waals surface area (Å²) in [5, 5.41) is 7.32. The zero-order valence-corrected chi connectivity index (χ0v) is 12.0. The Labute approximate surface area is 113 Å². The van der Waals surface area contributed by atoms with Crippen LogP contribution in [0.2, 0.25) is 0 Å². The monoisotopic (exact) mass is 263 g/mol. The molecule has 2 atom stereocenters. The summed E-state index contributed by atoms with van der Waals surface area (Å²) in [5.74, 6) is 1.79. The van der Waals surface area contributed by atoms with Crippen LogP contribution in [0, 0.1) is 25.7 Å². The summed E-state index contributed by atoms with van der Waals surface area (Å²) < 4.78 is 5.13. The maximum atomic E-state index is 12.8. The lowest BCUT2D eigenvalue weighted by atomic mass is 9.84. The first kappa shape index (κ1) is 12.7. The summed E-state index contributed by atoms with van der Waals surface area (Å²) in [6, 6.07) is 0. The van der Waals surface area contributed by atoms with Gasteiger partial charge in [-0.2, -0.15) is 0 Å². The van der Waals surface area contributed by atoms with E-state index in [1.165, 1.54) is 0 Å². The van der Waals surface area contributed by atoms with Gasteiger partial charge in [-0.05, 0) is 39.5 Å². The number of hydrogen-bond donors (Lipinski definition) is 1. The van der Waals surface area contributed by atoms with Gasteiger partial charge in [0.25, 0.3) is 5.91 Å². The summed E-state index contributed by atoms with van der Waals surface area (Å²) >= 11 is 0. The lowest BCUT2D eigenvalue weighted by molar-refractivity contribution is 0.0601. The van der Waals surface area contributed by atoms with Crippen molar-refractivity contribution in [2.45, 2.75) is 33.2 Å². The zero-order chi connectivity index (χ0) is 13.8. The zero-order valence-electron chi connectivity index (χ0n) is 12.0. The van der Waals surface area contributed by atoms with Gasteiger partial charge in [-0.25, -0.2) is 0 Å². The van der Waals surface area contributed by atoms with E-state index in [0.717, 1.165) is 19.6 Å². The lowest BCUT2D eigenvalue weighted by Crippen LogP contribution is -2.47. The minimum Gasteiger partial charge on any atom is -0.361 e. The predicted molar refractivity (Wildman–Crippen MR) is 70.9 cm³/mol. The number of amides is 1. The van der Waals surface area contributed by atoms with E-state index in [-0.39, 0.29) is 11.4 Å². The summed E-state index contributed by atoms with van der Waals surface area (Å²) in [4.78, 5) is 14.8. The summed E-state index contributed by atoms with van der Waals surface area (Å²) in [5.41, 5.74) is 1.22. The fourth-order valence-corrected chi connectivity index (χ4v) is 3.69. The van der Waals surface area contributed by atoms with Gasteiger partial charge in [0.15, 0.2) is 0 Å². The predicted octanol–water partition coefficient (Wildman–Crippen LogP) is 1.36. The van der Waals surface area contributed by atoms with Crippen molar-refractivity contribution < 1.29 is 9.32 Å². The minimum atomic E-state index is -0.110. The van der Waals surface area contributed by atoms with Crippen LogP contribution < -0.4 is 5.32 Å². The molecule has 3 rings (SSSR count). The molecule has 0 bridgehead atoms. The lowest BCUT2D eigenvalue weighted by Gasteiger charge is -2.35. The van der Waals surface area contributed by atoms with Gasteiger partial charge in [-0.1, -0.05) is 5.16 Å². The van der Waals surface area contributed by atoms with Crippen molar-refractivity contribution in [2.75, 3.05) is 19.6 Å². The van der Waals surface area contributed by atoms with E-state index >= 15 is 0 Å². The van der Waals surface area contributed by atoms with E-state index in [1.54, 1.807) is 6.92 Å². The van der Waals surface area contributed by atoms with Gasteiger partial charge in [0.1, 0.15) is 11.3 Å². The number of hydrogen-bond acceptors (Lipinski definition) is 4. The Hall–Kier alpha value is -1.36. The maximum Gasteiger partial charge on any atom is 0.259 e. The summed E-state index contributed by atoms with van der Waals surface area (Å²) in [7, 11) is 0. The molecule has 0 saturated carbocycles. The van der Waals surface area contributed by atoms with Crippen LogP contribution in [0.15, 0.2) is 4.52 Å². The molecule has 0 aliphatic carbocycles. The molecule has 0 radical (unpaired) electrons. The fourth-order valence-electron chi connectivity index (χ4n) is 3.69. The van der Waals surface area contributed by atoms with Crippen LogP contribution in [0.4, 0.5) is 0 Å². The van der Waals surface area contributed by atoms with Gasteiger partial charge in [-0.15, -0.1) is 0 Å². The molecule has 0 spiro atoms. The number of nitrogens with one attached hydrogen (secondary N) is 1. The second-order valence-corrected chi connectivity index (χ2v) is 6.29. The van der Waals surface area contributed by atoms with Crippen molar-refractivity contribution in [3.63, 3.8) is 0 Å². The largest absolute Gasteiger partial charge is 0.361 e. The SMILES string of the molecule is Cc1noc(C)c1C(=O)N1CC2CNCC2C1(C)C. The molecule has 1 aromatic heterocycles. The first-order valence-electron chi connectivity index (χ1n) is 6.88. The van der Waals surface area contributed by atoms with E-state index in [4.69, 9.17) is 4.52 Å². The van der Waals surface area contributed by atoms with E-state index in [1.807, 2.05) is 11.8 Å². The highest BCUT2D eigenvalue weighted by molar-refractivity contribution is 5.96. The minimum absolute atomic E-state index is 0.0654. The van der Waals surface area contributed by atoms with Crippen LogP contribution in [-0.2, 0) is 0 Å². The number of likely N-dealkylation sites (tertiary alicyclic amines) is 1. The van der Waals surface area contributed by atoms with Gasteiger partial charge < -0.3 is 14.7 Å². The first-order chi connectivity index (χ1) is 8.93. The number of rotatable bonds is 1. The number of carbonyl (C=O) groups is 1. The Balaban J connectivity index is 1.93. The average Bonchev–Trinajstić information content (AvgIpc) is 2.97. The molecule has 2 saturated heterocycles. The summed E-state index contributed by atoms with van der Waals surface area (Å²) in [6.07, 6.45) is 0. The second-order valence-electron chi connectivity index (χ2n) is 6.29. The van der Waals surface area contributed by atoms with Crippen LogP contribution in [0.3, 0.4) is 0 Å². The van der Waals surface area contributed by atoms with Gasteiger partial charge in [0, 0.05) is 25.2 Å². The third kappa shape index (κ3) is 1.71. The Morgan fingerprint density at radius 2 is 2.16 bits per heavy atom.